The standard InChI is InChI=1S/C13H13N7O3/c1-13(2)16-10(12(15)23-13)9-11(14)19(18-17-9)7-3-5-8(6-4-7)20(21)22/h3-6,15H,14H2,1-2H3. The van der Waals surface area contributed by atoms with Crippen LogP contribution >= 0.6 is 0 Å². The second-order valence-corrected chi connectivity index (χ2v) is 5.35. The van der Waals surface area contributed by atoms with Gasteiger partial charge in [-0.2, -0.15) is 4.68 Å². The van der Waals surface area contributed by atoms with Gasteiger partial charge in [-0.3, -0.25) is 15.5 Å². The Morgan fingerprint density at radius 1 is 1.35 bits per heavy atom. The van der Waals surface area contributed by atoms with Crippen LogP contribution in [0.15, 0.2) is 29.3 Å². The molecule has 0 spiro atoms. The van der Waals surface area contributed by atoms with Crippen LogP contribution < -0.4 is 5.73 Å². The summed E-state index contributed by atoms with van der Waals surface area (Å²) in [5.41, 5.74) is 6.12. The SMILES string of the molecule is CC1(C)N=C(c2nnn(-c3ccc([N+](=O)[O-])cc3)c2N)C(=N)O1. The Bertz CT molecular complexity index is 836. The number of aliphatic imine (C=N–C) groups is 1. The predicted octanol–water partition coefficient (Wildman–Crippen LogP) is 1.29. The monoisotopic (exact) mass is 315 g/mol. The third-order valence-electron chi connectivity index (χ3n) is 3.18. The molecule has 0 saturated carbocycles. The van der Waals surface area contributed by atoms with Crippen molar-refractivity contribution in [3.8, 4) is 5.69 Å². The molecule has 0 amide bonds. The minimum atomic E-state index is -0.851. The van der Waals surface area contributed by atoms with E-state index in [2.05, 4.69) is 15.3 Å². The first-order chi connectivity index (χ1) is 10.8. The second-order valence-electron chi connectivity index (χ2n) is 5.35. The highest BCUT2D eigenvalue weighted by molar-refractivity contribution is 6.46. The molecule has 1 aromatic heterocycles. The highest BCUT2D eigenvalue weighted by atomic mass is 16.6. The molecule has 0 aliphatic carbocycles. The van der Waals surface area contributed by atoms with Crippen molar-refractivity contribution in [1.29, 1.82) is 5.41 Å². The van der Waals surface area contributed by atoms with Crippen LogP contribution in [-0.2, 0) is 4.74 Å². The fourth-order valence-electron chi connectivity index (χ4n) is 2.17. The van der Waals surface area contributed by atoms with Gasteiger partial charge in [0.05, 0.1) is 10.6 Å². The largest absolute Gasteiger partial charge is 0.448 e. The number of nitro benzene ring substituents is 1. The van der Waals surface area contributed by atoms with Gasteiger partial charge in [-0.15, -0.1) is 5.10 Å². The van der Waals surface area contributed by atoms with Crippen molar-refractivity contribution in [1.82, 2.24) is 15.0 Å². The van der Waals surface area contributed by atoms with Crippen molar-refractivity contribution in [2.45, 2.75) is 19.6 Å². The zero-order valence-corrected chi connectivity index (χ0v) is 12.3. The zero-order chi connectivity index (χ0) is 16.8. The number of nitrogens with zero attached hydrogens (tertiary/aromatic N) is 5. The number of aromatic nitrogens is 3. The lowest BCUT2D eigenvalue weighted by molar-refractivity contribution is -0.384. The molecule has 10 nitrogen and oxygen atoms in total. The van der Waals surface area contributed by atoms with Gasteiger partial charge in [-0.25, -0.2) is 4.99 Å². The lowest BCUT2D eigenvalue weighted by atomic mass is 10.2. The highest BCUT2D eigenvalue weighted by Crippen LogP contribution is 2.25. The molecule has 0 bridgehead atoms. The van der Waals surface area contributed by atoms with Crippen LogP contribution in [0.5, 0.6) is 0 Å². The highest BCUT2D eigenvalue weighted by Gasteiger charge is 2.34. The van der Waals surface area contributed by atoms with Crippen molar-refractivity contribution in [2.24, 2.45) is 4.99 Å². The number of hydrogen-bond donors (Lipinski definition) is 2. The van der Waals surface area contributed by atoms with E-state index < -0.39 is 10.6 Å². The summed E-state index contributed by atoms with van der Waals surface area (Å²) in [6.07, 6.45) is 0. The number of nitro groups is 1. The summed E-state index contributed by atoms with van der Waals surface area (Å²) in [7, 11) is 0. The summed E-state index contributed by atoms with van der Waals surface area (Å²) < 4.78 is 6.62. The molecule has 2 heterocycles. The van der Waals surface area contributed by atoms with Crippen molar-refractivity contribution in [3.05, 3.63) is 40.1 Å². The molecular weight excluding hydrogens is 302 g/mol. The first kappa shape index (κ1) is 14.6. The summed E-state index contributed by atoms with van der Waals surface area (Å²) >= 11 is 0. The molecule has 23 heavy (non-hydrogen) atoms. The van der Waals surface area contributed by atoms with E-state index in [0.717, 1.165) is 0 Å². The smallest absolute Gasteiger partial charge is 0.269 e. The molecule has 1 aromatic carbocycles. The topological polar surface area (TPSA) is 145 Å². The van der Waals surface area contributed by atoms with E-state index in [9.17, 15) is 10.1 Å². The maximum absolute atomic E-state index is 10.7. The molecule has 1 aliphatic rings. The number of hydrogen-bond acceptors (Lipinski definition) is 8. The maximum atomic E-state index is 10.7. The number of anilines is 1. The lowest BCUT2D eigenvalue weighted by Crippen LogP contribution is -2.19. The van der Waals surface area contributed by atoms with Crippen LogP contribution in [0.3, 0.4) is 0 Å². The normalized spacial score (nSPS) is 16.1. The van der Waals surface area contributed by atoms with E-state index >= 15 is 0 Å². The van der Waals surface area contributed by atoms with E-state index in [-0.39, 0.29) is 28.8 Å². The van der Waals surface area contributed by atoms with Gasteiger partial charge in [0, 0.05) is 12.1 Å². The van der Waals surface area contributed by atoms with Crippen LogP contribution in [0.4, 0.5) is 11.5 Å². The summed E-state index contributed by atoms with van der Waals surface area (Å²) in [6, 6.07) is 5.71. The van der Waals surface area contributed by atoms with E-state index in [0.29, 0.717) is 5.69 Å². The van der Waals surface area contributed by atoms with Crippen molar-refractivity contribution in [2.75, 3.05) is 5.73 Å². The number of nitrogens with two attached hydrogens (primary N) is 1. The average molecular weight is 315 g/mol. The van der Waals surface area contributed by atoms with E-state index in [1.54, 1.807) is 13.8 Å². The molecule has 0 radical (unpaired) electrons. The Labute approximate surface area is 130 Å². The zero-order valence-electron chi connectivity index (χ0n) is 12.3. The van der Waals surface area contributed by atoms with Crippen LogP contribution in [0.2, 0.25) is 0 Å². The Morgan fingerprint density at radius 3 is 2.52 bits per heavy atom. The van der Waals surface area contributed by atoms with Gasteiger partial charge < -0.3 is 10.5 Å². The minimum absolute atomic E-state index is 0.0373. The third-order valence-corrected chi connectivity index (χ3v) is 3.18. The Morgan fingerprint density at radius 2 is 2.00 bits per heavy atom. The van der Waals surface area contributed by atoms with Gasteiger partial charge in [0.25, 0.3) is 5.69 Å². The molecule has 0 atom stereocenters. The number of non-ortho nitro benzene ring substituents is 1. The molecule has 1 aliphatic heterocycles. The Hall–Kier alpha value is -3.30. The summed E-state index contributed by atoms with van der Waals surface area (Å²) in [5, 5.41) is 26.4. The number of benzene rings is 1. The van der Waals surface area contributed by atoms with Crippen LogP contribution in [0.1, 0.15) is 19.5 Å². The second kappa shape index (κ2) is 4.87. The van der Waals surface area contributed by atoms with Crippen molar-refractivity contribution < 1.29 is 9.66 Å². The first-order valence-corrected chi connectivity index (χ1v) is 6.63. The first-order valence-electron chi connectivity index (χ1n) is 6.63. The summed E-state index contributed by atoms with van der Waals surface area (Å²) in [6.45, 7) is 3.43. The van der Waals surface area contributed by atoms with Crippen LogP contribution in [-0.4, -0.2) is 37.3 Å². The molecular formula is C13H13N7O3. The van der Waals surface area contributed by atoms with Crippen molar-refractivity contribution in [3.63, 3.8) is 0 Å². The molecule has 3 rings (SSSR count). The summed E-state index contributed by atoms with van der Waals surface area (Å²) in [4.78, 5) is 14.5. The van der Waals surface area contributed by atoms with Gasteiger partial charge in [-0.1, -0.05) is 5.21 Å². The molecule has 10 heteroatoms. The lowest BCUT2D eigenvalue weighted by Gasteiger charge is -2.12. The quantitative estimate of drug-likeness (QED) is 0.644. The van der Waals surface area contributed by atoms with Crippen LogP contribution in [0, 0.1) is 15.5 Å². The summed E-state index contributed by atoms with van der Waals surface area (Å²) in [5.74, 6) is 0.0427. The molecule has 0 saturated heterocycles. The predicted molar refractivity (Wildman–Crippen MR) is 81.9 cm³/mol. The van der Waals surface area contributed by atoms with Gasteiger partial charge in [0.2, 0.25) is 5.90 Å². The molecule has 0 unspecified atom stereocenters. The van der Waals surface area contributed by atoms with Gasteiger partial charge in [0.15, 0.2) is 22.9 Å². The number of nitrogens with one attached hydrogen (secondary N) is 1. The average Bonchev–Trinajstić information content (AvgIpc) is 2.98. The Kier molecular flexibility index (Phi) is 3.09. The fourth-order valence-corrected chi connectivity index (χ4v) is 2.17. The third kappa shape index (κ3) is 2.50. The molecule has 0 fully saturated rings. The van der Waals surface area contributed by atoms with Gasteiger partial charge >= 0.3 is 0 Å². The van der Waals surface area contributed by atoms with E-state index in [4.69, 9.17) is 15.9 Å². The number of rotatable bonds is 3. The maximum Gasteiger partial charge on any atom is 0.269 e. The Balaban J connectivity index is 2.00. The molecule has 118 valence electrons. The van der Waals surface area contributed by atoms with E-state index in [1.165, 1.54) is 28.9 Å². The van der Waals surface area contributed by atoms with Crippen LogP contribution in [0.25, 0.3) is 5.69 Å². The van der Waals surface area contributed by atoms with E-state index in [1.807, 2.05) is 0 Å². The molecule has 2 aromatic rings. The number of nitrogen functional groups attached to an aromatic ring is 1. The van der Waals surface area contributed by atoms with Gasteiger partial charge in [0.1, 0.15) is 0 Å². The van der Waals surface area contributed by atoms with Gasteiger partial charge in [-0.05, 0) is 26.0 Å². The minimum Gasteiger partial charge on any atom is -0.448 e. The fraction of sp³-hybridized carbons (Fsp3) is 0.231. The number of ether oxygens (including phenoxy) is 1. The van der Waals surface area contributed by atoms with Crippen molar-refractivity contribution >= 4 is 23.1 Å². The molecule has 3 N–H and O–H groups in total.